The Labute approximate surface area is 90.6 Å². The molecule has 5 heteroatoms. The Balaban J connectivity index is 0.000000265. The van der Waals surface area contributed by atoms with Gasteiger partial charge in [0.1, 0.15) is 0 Å². The van der Waals surface area contributed by atoms with Gasteiger partial charge in [0.15, 0.2) is 0 Å². The van der Waals surface area contributed by atoms with Crippen molar-refractivity contribution in [3.8, 4) is 0 Å². The third-order valence-corrected chi connectivity index (χ3v) is 2.05. The first-order valence-corrected chi connectivity index (χ1v) is 6.23. The van der Waals surface area contributed by atoms with E-state index in [0.29, 0.717) is 0 Å². The van der Waals surface area contributed by atoms with Crippen molar-refractivity contribution in [1.82, 2.24) is 0 Å². The first kappa shape index (κ1) is 14.0. The van der Waals surface area contributed by atoms with Gasteiger partial charge >= 0.3 is 9.05 Å². The molecule has 0 saturated heterocycles. The van der Waals surface area contributed by atoms with Crippen LogP contribution in [0.3, 0.4) is 0 Å². The van der Waals surface area contributed by atoms with Crippen LogP contribution in [0.5, 0.6) is 0 Å². The van der Waals surface area contributed by atoms with Crippen LogP contribution in [0.15, 0.2) is 36.9 Å². The van der Waals surface area contributed by atoms with Gasteiger partial charge in [-0.15, -0.1) is 0 Å². The minimum atomic E-state index is -4.16. The van der Waals surface area contributed by atoms with E-state index in [1.807, 2.05) is 36.4 Å². The smallest absolute Gasteiger partial charge is 0.368 e. The molecule has 0 radical (unpaired) electrons. The Morgan fingerprint density at radius 2 is 1.80 bits per heavy atom. The number of hydrogen-bond donors (Lipinski definition) is 3. The molecular weight excluding hydrogens is 212 g/mol. The van der Waals surface area contributed by atoms with Crippen molar-refractivity contribution in [3.05, 3.63) is 42.5 Å². The fourth-order valence-corrected chi connectivity index (χ4v) is 1.17. The number of benzene rings is 1. The largest absolute Gasteiger partial charge is 0.671 e. The molecule has 0 amide bonds. The maximum absolute atomic E-state index is 8.05. The highest BCUT2D eigenvalue weighted by Crippen LogP contribution is 1.97. The van der Waals surface area contributed by atoms with Crippen molar-refractivity contribution in [2.45, 2.75) is 6.92 Å². The molecule has 1 aromatic rings. The lowest BCUT2D eigenvalue weighted by atomic mass is 10.2. The second kappa shape index (κ2) is 7.33. The van der Waals surface area contributed by atoms with E-state index in [4.69, 9.17) is 14.4 Å². The molecular formula is C10H16O4Si. The zero-order chi connectivity index (χ0) is 11.7. The zero-order valence-corrected chi connectivity index (χ0v) is 9.63. The summed E-state index contributed by atoms with van der Waals surface area (Å²) in [5.74, 6) is 0. The molecule has 0 heterocycles. The van der Waals surface area contributed by atoms with E-state index in [0.717, 1.165) is 0 Å². The average Bonchev–Trinajstić information content (AvgIpc) is 2.18. The number of rotatable bonds is 3. The molecule has 0 aromatic heterocycles. The summed E-state index contributed by atoms with van der Waals surface area (Å²) in [7, 11) is -4.16. The van der Waals surface area contributed by atoms with E-state index >= 15 is 0 Å². The van der Waals surface area contributed by atoms with Crippen molar-refractivity contribution in [2.75, 3.05) is 6.61 Å². The minimum absolute atomic E-state index is 0.121. The van der Waals surface area contributed by atoms with Crippen molar-refractivity contribution in [2.24, 2.45) is 0 Å². The third kappa shape index (κ3) is 9.32. The minimum Gasteiger partial charge on any atom is -0.368 e. The van der Waals surface area contributed by atoms with Gasteiger partial charge in [0.05, 0.1) is 0 Å². The van der Waals surface area contributed by atoms with Gasteiger partial charge in [0, 0.05) is 6.61 Å². The molecule has 1 rings (SSSR count). The summed E-state index contributed by atoms with van der Waals surface area (Å²) in [6, 6.07) is 10.0. The van der Waals surface area contributed by atoms with Gasteiger partial charge in [-0.2, -0.15) is 0 Å². The highest BCUT2D eigenvalue weighted by molar-refractivity contribution is 6.48. The van der Waals surface area contributed by atoms with Crippen LogP contribution in [0.1, 0.15) is 12.5 Å². The van der Waals surface area contributed by atoms with Crippen LogP contribution in [0.25, 0.3) is 6.08 Å². The second-order valence-electron chi connectivity index (χ2n) is 2.62. The summed E-state index contributed by atoms with van der Waals surface area (Å²) in [4.78, 5) is 24.1. The van der Waals surface area contributed by atoms with Crippen molar-refractivity contribution in [3.63, 3.8) is 0 Å². The van der Waals surface area contributed by atoms with Crippen LogP contribution >= 0.6 is 0 Å². The van der Waals surface area contributed by atoms with Crippen LogP contribution < -0.4 is 0 Å². The van der Waals surface area contributed by atoms with E-state index in [2.05, 4.69) is 11.0 Å². The van der Waals surface area contributed by atoms with Crippen LogP contribution in [0, 0.1) is 0 Å². The molecule has 4 nitrogen and oxygen atoms in total. The fraction of sp³-hybridized carbons (Fsp3) is 0.200. The van der Waals surface area contributed by atoms with Crippen LogP contribution in [0.4, 0.5) is 0 Å². The number of hydrogen-bond acceptors (Lipinski definition) is 4. The molecule has 0 aliphatic rings. The van der Waals surface area contributed by atoms with Crippen molar-refractivity contribution in [1.29, 1.82) is 0 Å². The monoisotopic (exact) mass is 228 g/mol. The average molecular weight is 228 g/mol. The third-order valence-electron chi connectivity index (χ3n) is 1.37. The summed E-state index contributed by atoms with van der Waals surface area (Å²) >= 11 is 0. The van der Waals surface area contributed by atoms with Crippen molar-refractivity contribution < 1.29 is 18.8 Å². The van der Waals surface area contributed by atoms with Gasteiger partial charge in [-0.3, -0.25) is 0 Å². The van der Waals surface area contributed by atoms with E-state index in [9.17, 15) is 0 Å². The molecule has 0 fully saturated rings. The Morgan fingerprint density at radius 3 is 2.00 bits per heavy atom. The predicted molar refractivity (Wildman–Crippen MR) is 60.6 cm³/mol. The zero-order valence-electron chi connectivity index (χ0n) is 8.63. The van der Waals surface area contributed by atoms with E-state index in [1.54, 1.807) is 6.92 Å². The van der Waals surface area contributed by atoms with Gasteiger partial charge in [-0.05, 0) is 12.5 Å². The van der Waals surface area contributed by atoms with E-state index in [-0.39, 0.29) is 6.61 Å². The molecule has 0 saturated carbocycles. The molecule has 84 valence electrons. The summed E-state index contributed by atoms with van der Waals surface area (Å²) < 4.78 is 4.03. The lowest BCUT2D eigenvalue weighted by molar-refractivity contribution is 0.0687. The summed E-state index contributed by atoms with van der Waals surface area (Å²) in [6.45, 7) is 5.31. The van der Waals surface area contributed by atoms with Gasteiger partial charge < -0.3 is 18.8 Å². The topological polar surface area (TPSA) is 69.9 Å². The van der Waals surface area contributed by atoms with Gasteiger partial charge in [0.25, 0.3) is 0 Å². The maximum Gasteiger partial charge on any atom is 0.671 e. The Kier molecular flexibility index (Phi) is 6.85. The molecule has 1 aromatic carbocycles. The molecule has 0 aliphatic carbocycles. The lowest BCUT2D eigenvalue weighted by Gasteiger charge is -2.05. The normalized spacial score (nSPS) is 10.1. The molecule has 0 atom stereocenters. The van der Waals surface area contributed by atoms with Gasteiger partial charge in [0.2, 0.25) is 0 Å². The van der Waals surface area contributed by atoms with Crippen LogP contribution in [-0.2, 0) is 4.43 Å². The quantitative estimate of drug-likeness (QED) is 0.668. The fourth-order valence-electron chi connectivity index (χ4n) is 0.783. The highest BCUT2D eigenvalue weighted by atomic mass is 28.4. The Hall–Kier alpha value is -0.983. The predicted octanol–water partition coefficient (Wildman–Crippen LogP) is 0.765. The molecule has 0 unspecified atom stereocenters. The Bertz CT molecular complexity index is 269. The van der Waals surface area contributed by atoms with Crippen molar-refractivity contribution >= 4 is 15.1 Å². The first-order valence-electron chi connectivity index (χ1n) is 4.48. The van der Waals surface area contributed by atoms with Crippen LogP contribution in [-0.4, -0.2) is 30.0 Å². The first-order chi connectivity index (χ1) is 6.99. The lowest BCUT2D eigenvalue weighted by Crippen LogP contribution is -2.38. The van der Waals surface area contributed by atoms with Gasteiger partial charge in [-0.1, -0.05) is 43.0 Å². The maximum atomic E-state index is 8.05. The molecule has 0 aliphatic heterocycles. The van der Waals surface area contributed by atoms with E-state index < -0.39 is 9.05 Å². The summed E-state index contributed by atoms with van der Waals surface area (Å²) in [5.41, 5.74) is 1.17. The standard InChI is InChI=1S/C8H8.C2H8O4Si/c1-2-8-6-4-3-5-7-8;1-2-6-7(3,4)5/h2-7H,1H2;3-5H,2H2,1H3. The molecule has 0 spiro atoms. The highest BCUT2D eigenvalue weighted by Gasteiger charge is 2.28. The van der Waals surface area contributed by atoms with Crippen LogP contribution in [0.2, 0.25) is 0 Å². The second-order valence-corrected chi connectivity index (χ2v) is 4.06. The molecule has 3 N–H and O–H groups in total. The summed E-state index contributed by atoms with van der Waals surface area (Å²) in [6.07, 6.45) is 1.83. The SMILES string of the molecule is C=Cc1ccccc1.CCO[Si](O)(O)O. The summed E-state index contributed by atoms with van der Waals surface area (Å²) in [5, 5.41) is 0. The Morgan fingerprint density at radius 1 is 1.27 bits per heavy atom. The molecule has 15 heavy (non-hydrogen) atoms. The molecule has 0 bridgehead atoms. The van der Waals surface area contributed by atoms with E-state index in [1.165, 1.54) is 5.56 Å². The van der Waals surface area contributed by atoms with Gasteiger partial charge in [-0.25, -0.2) is 0 Å².